The standard InChI is InChI=1S/C21H19ClN2O3S/c1-13(23-20(25)14-6-4-3-5-7-14)21(26)27-12-16-10-15-8-9-17(28-2)11-18(15)24-19(16)22/h3-11,13H,12H2,1-2H3,(H,23,25)/t13-/m0/s1. The average Bonchev–Trinajstić information content (AvgIpc) is 2.72. The van der Waals surface area contributed by atoms with E-state index in [0.717, 1.165) is 15.8 Å². The number of aromatic nitrogens is 1. The lowest BCUT2D eigenvalue weighted by molar-refractivity contribution is -0.146. The molecule has 0 aliphatic heterocycles. The first kappa shape index (κ1) is 20.2. The van der Waals surface area contributed by atoms with Crippen LogP contribution in [0.25, 0.3) is 10.9 Å². The predicted octanol–water partition coefficient (Wildman–Crippen LogP) is 4.47. The number of hydrogen-bond donors (Lipinski definition) is 1. The van der Waals surface area contributed by atoms with E-state index in [1.54, 1.807) is 43.0 Å². The van der Waals surface area contributed by atoms with Crippen LogP contribution in [0, 0.1) is 0 Å². The van der Waals surface area contributed by atoms with Crippen molar-refractivity contribution in [2.45, 2.75) is 24.5 Å². The van der Waals surface area contributed by atoms with Gasteiger partial charge in [0.1, 0.15) is 17.8 Å². The monoisotopic (exact) mass is 414 g/mol. The minimum Gasteiger partial charge on any atom is -0.459 e. The fraction of sp³-hybridized carbons (Fsp3) is 0.190. The zero-order valence-electron chi connectivity index (χ0n) is 15.4. The molecule has 0 radical (unpaired) electrons. The first-order chi connectivity index (χ1) is 13.5. The second kappa shape index (κ2) is 9.08. The summed E-state index contributed by atoms with van der Waals surface area (Å²) in [5.41, 5.74) is 1.88. The third kappa shape index (κ3) is 4.82. The Morgan fingerprint density at radius 3 is 2.64 bits per heavy atom. The number of carbonyl (C=O) groups is 2. The number of pyridine rings is 1. The molecular formula is C21H19ClN2O3S. The van der Waals surface area contributed by atoms with E-state index in [1.165, 1.54) is 0 Å². The zero-order chi connectivity index (χ0) is 20.1. The Morgan fingerprint density at radius 1 is 1.18 bits per heavy atom. The van der Waals surface area contributed by atoms with Gasteiger partial charge < -0.3 is 10.1 Å². The number of halogens is 1. The van der Waals surface area contributed by atoms with Gasteiger partial charge in [0.25, 0.3) is 5.91 Å². The van der Waals surface area contributed by atoms with Gasteiger partial charge in [0.05, 0.1) is 5.52 Å². The Hall–Kier alpha value is -2.57. The fourth-order valence-electron chi connectivity index (χ4n) is 2.60. The van der Waals surface area contributed by atoms with E-state index in [9.17, 15) is 9.59 Å². The summed E-state index contributed by atoms with van der Waals surface area (Å²) < 4.78 is 5.32. The zero-order valence-corrected chi connectivity index (χ0v) is 17.0. The summed E-state index contributed by atoms with van der Waals surface area (Å²) in [4.78, 5) is 29.9. The van der Waals surface area contributed by atoms with Gasteiger partial charge in [0.15, 0.2) is 0 Å². The van der Waals surface area contributed by atoms with Crippen LogP contribution in [0.5, 0.6) is 0 Å². The molecule has 0 saturated heterocycles. The van der Waals surface area contributed by atoms with Crippen LogP contribution in [0.4, 0.5) is 0 Å². The second-order valence-electron chi connectivity index (χ2n) is 6.17. The molecular weight excluding hydrogens is 396 g/mol. The quantitative estimate of drug-likeness (QED) is 0.366. The maximum Gasteiger partial charge on any atom is 0.328 e. The highest BCUT2D eigenvalue weighted by atomic mass is 35.5. The van der Waals surface area contributed by atoms with Gasteiger partial charge >= 0.3 is 5.97 Å². The maximum absolute atomic E-state index is 12.2. The predicted molar refractivity (Wildman–Crippen MR) is 112 cm³/mol. The highest BCUT2D eigenvalue weighted by Gasteiger charge is 2.18. The molecule has 0 spiro atoms. The smallest absolute Gasteiger partial charge is 0.328 e. The molecule has 1 amide bonds. The van der Waals surface area contributed by atoms with Crippen molar-refractivity contribution in [3.05, 3.63) is 70.9 Å². The number of nitrogens with one attached hydrogen (secondary N) is 1. The van der Waals surface area contributed by atoms with Crippen molar-refractivity contribution in [3.8, 4) is 0 Å². The summed E-state index contributed by atoms with van der Waals surface area (Å²) in [5.74, 6) is -0.877. The lowest BCUT2D eigenvalue weighted by Crippen LogP contribution is -2.39. The molecule has 1 N–H and O–H groups in total. The maximum atomic E-state index is 12.2. The number of rotatable bonds is 6. The summed E-state index contributed by atoms with van der Waals surface area (Å²) >= 11 is 7.87. The first-order valence-corrected chi connectivity index (χ1v) is 10.2. The van der Waals surface area contributed by atoms with Gasteiger partial charge in [0, 0.05) is 21.4 Å². The van der Waals surface area contributed by atoms with E-state index in [4.69, 9.17) is 16.3 Å². The van der Waals surface area contributed by atoms with Crippen LogP contribution < -0.4 is 5.32 Å². The van der Waals surface area contributed by atoms with E-state index in [2.05, 4.69) is 10.3 Å². The van der Waals surface area contributed by atoms with Crippen molar-refractivity contribution < 1.29 is 14.3 Å². The minimum absolute atomic E-state index is 0.0174. The van der Waals surface area contributed by atoms with Crippen LogP contribution in [0.1, 0.15) is 22.8 Å². The number of esters is 1. The number of carbonyl (C=O) groups excluding carboxylic acids is 2. The van der Waals surface area contributed by atoms with Gasteiger partial charge in [-0.25, -0.2) is 9.78 Å². The number of ether oxygens (including phenoxy) is 1. The molecule has 0 aliphatic rings. The van der Waals surface area contributed by atoms with Crippen molar-refractivity contribution in [1.29, 1.82) is 0 Å². The van der Waals surface area contributed by atoms with Crippen LogP contribution >= 0.6 is 23.4 Å². The number of hydrogen-bond acceptors (Lipinski definition) is 5. The molecule has 7 heteroatoms. The molecule has 1 heterocycles. The molecule has 28 heavy (non-hydrogen) atoms. The second-order valence-corrected chi connectivity index (χ2v) is 7.40. The number of amides is 1. The molecule has 144 valence electrons. The van der Waals surface area contributed by atoms with E-state index in [0.29, 0.717) is 16.3 Å². The van der Waals surface area contributed by atoms with Crippen molar-refractivity contribution in [1.82, 2.24) is 10.3 Å². The SMILES string of the molecule is CSc1ccc2cc(COC(=O)[C@H](C)NC(=O)c3ccccc3)c(Cl)nc2c1. The summed E-state index contributed by atoms with van der Waals surface area (Å²) in [5, 5.41) is 3.83. The van der Waals surface area contributed by atoms with Crippen LogP contribution in [-0.4, -0.2) is 29.2 Å². The van der Waals surface area contributed by atoms with E-state index in [1.807, 2.05) is 36.6 Å². The third-order valence-corrected chi connectivity index (χ3v) is 5.21. The number of fused-ring (bicyclic) bond motifs is 1. The molecule has 0 fully saturated rings. The lowest BCUT2D eigenvalue weighted by atomic mass is 10.1. The Bertz CT molecular complexity index is 1010. The van der Waals surface area contributed by atoms with Crippen molar-refractivity contribution in [2.75, 3.05) is 6.26 Å². The summed E-state index contributed by atoms with van der Waals surface area (Å²) in [6, 6.07) is 15.7. The molecule has 0 bridgehead atoms. The number of thioether (sulfide) groups is 1. The number of benzene rings is 2. The van der Waals surface area contributed by atoms with Crippen molar-refractivity contribution in [2.24, 2.45) is 0 Å². The summed E-state index contributed by atoms with van der Waals surface area (Å²) in [6.45, 7) is 1.56. The van der Waals surface area contributed by atoms with Gasteiger partial charge in [0.2, 0.25) is 0 Å². The van der Waals surface area contributed by atoms with Crippen LogP contribution in [0.15, 0.2) is 59.5 Å². The average molecular weight is 415 g/mol. The van der Waals surface area contributed by atoms with Crippen molar-refractivity contribution in [3.63, 3.8) is 0 Å². The molecule has 0 unspecified atom stereocenters. The first-order valence-electron chi connectivity index (χ1n) is 8.63. The molecule has 3 aromatic rings. The van der Waals surface area contributed by atoms with E-state index < -0.39 is 12.0 Å². The third-order valence-electron chi connectivity index (χ3n) is 4.16. The molecule has 3 rings (SSSR count). The molecule has 1 atom stereocenters. The fourth-order valence-corrected chi connectivity index (χ4v) is 3.23. The molecule has 0 aliphatic carbocycles. The van der Waals surface area contributed by atoms with Crippen LogP contribution in [0.3, 0.4) is 0 Å². The normalized spacial score (nSPS) is 11.8. The van der Waals surface area contributed by atoms with Gasteiger partial charge in [-0.15, -0.1) is 11.8 Å². The van der Waals surface area contributed by atoms with Crippen LogP contribution in [0.2, 0.25) is 5.15 Å². The topological polar surface area (TPSA) is 68.3 Å². The van der Waals surface area contributed by atoms with Gasteiger partial charge in [-0.3, -0.25) is 4.79 Å². The Labute approximate surface area is 172 Å². The van der Waals surface area contributed by atoms with Gasteiger partial charge in [-0.2, -0.15) is 0 Å². The molecule has 1 aromatic heterocycles. The summed E-state index contributed by atoms with van der Waals surface area (Å²) in [6.07, 6.45) is 1.99. The van der Waals surface area contributed by atoms with E-state index in [-0.39, 0.29) is 12.5 Å². The highest BCUT2D eigenvalue weighted by Crippen LogP contribution is 2.25. The van der Waals surface area contributed by atoms with Crippen LogP contribution in [-0.2, 0) is 16.1 Å². The van der Waals surface area contributed by atoms with E-state index >= 15 is 0 Å². The summed E-state index contributed by atoms with van der Waals surface area (Å²) in [7, 11) is 0. The van der Waals surface area contributed by atoms with Gasteiger partial charge in [-0.1, -0.05) is 35.9 Å². The molecule has 5 nitrogen and oxygen atoms in total. The number of nitrogens with zero attached hydrogens (tertiary/aromatic N) is 1. The Kier molecular flexibility index (Phi) is 6.54. The van der Waals surface area contributed by atoms with Gasteiger partial charge in [-0.05, 0) is 43.5 Å². The minimum atomic E-state index is -0.788. The molecule has 2 aromatic carbocycles. The lowest BCUT2D eigenvalue weighted by Gasteiger charge is -2.14. The highest BCUT2D eigenvalue weighted by molar-refractivity contribution is 7.98. The Morgan fingerprint density at radius 2 is 1.93 bits per heavy atom. The molecule has 0 saturated carbocycles. The Balaban J connectivity index is 1.63. The van der Waals surface area contributed by atoms with Crippen molar-refractivity contribution >= 4 is 46.1 Å². The largest absolute Gasteiger partial charge is 0.459 e.